The molecule has 1 rings (SSSR count). The highest BCUT2D eigenvalue weighted by atomic mass is 16.5. The van der Waals surface area contributed by atoms with E-state index in [1.807, 2.05) is 7.05 Å². The molecule has 0 spiro atoms. The Kier molecular flexibility index (Phi) is 7.15. The van der Waals surface area contributed by atoms with Gasteiger partial charge >= 0.3 is 0 Å². The van der Waals surface area contributed by atoms with Crippen molar-refractivity contribution in [2.24, 2.45) is 0 Å². The molecule has 1 aliphatic heterocycles. The highest BCUT2D eigenvalue weighted by Crippen LogP contribution is 2.16. The zero-order valence-electron chi connectivity index (χ0n) is 12.2. The largest absolute Gasteiger partial charge is 0.394 e. The van der Waals surface area contributed by atoms with E-state index in [2.05, 4.69) is 24.1 Å². The molecular formula is C14H30N2O2. The summed E-state index contributed by atoms with van der Waals surface area (Å²) in [5.41, 5.74) is -0.121. The Morgan fingerprint density at radius 2 is 2.06 bits per heavy atom. The van der Waals surface area contributed by atoms with Crippen LogP contribution in [0, 0.1) is 0 Å². The summed E-state index contributed by atoms with van der Waals surface area (Å²) < 4.78 is 5.65. The molecule has 4 heteroatoms. The maximum Gasteiger partial charge on any atom is 0.0610 e. The lowest BCUT2D eigenvalue weighted by Gasteiger charge is -2.33. The second-order valence-corrected chi connectivity index (χ2v) is 5.57. The third-order valence-corrected chi connectivity index (χ3v) is 4.09. The zero-order chi connectivity index (χ0) is 13.4. The molecule has 0 aromatic carbocycles. The van der Waals surface area contributed by atoms with Gasteiger partial charge < -0.3 is 20.1 Å². The first-order valence-corrected chi connectivity index (χ1v) is 7.27. The highest BCUT2D eigenvalue weighted by Gasteiger charge is 2.22. The second-order valence-electron chi connectivity index (χ2n) is 5.57. The fraction of sp³-hybridized carbons (Fsp3) is 1.00. The number of ether oxygens (including phenoxy) is 1. The number of rotatable bonds is 8. The van der Waals surface area contributed by atoms with Crippen LogP contribution in [0.1, 0.15) is 39.5 Å². The zero-order valence-corrected chi connectivity index (χ0v) is 12.2. The molecule has 0 aromatic rings. The Hall–Kier alpha value is -0.160. The second kappa shape index (κ2) is 8.10. The number of likely N-dealkylation sites (N-methyl/N-ethyl adjacent to an activating group) is 1. The number of hydrogen-bond acceptors (Lipinski definition) is 4. The molecule has 0 bridgehead atoms. The summed E-state index contributed by atoms with van der Waals surface area (Å²) in [7, 11) is 1.92. The van der Waals surface area contributed by atoms with E-state index >= 15 is 0 Å². The number of likely N-dealkylation sites (tertiary alicyclic amines) is 1. The van der Waals surface area contributed by atoms with Gasteiger partial charge in [-0.25, -0.2) is 0 Å². The number of piperidine rings is 1. The molecule has 2 N–H and O–H groups in total. The van der Waals surface area contributed by atoms with Crippen molar-refractivity contribution in [3.05, 3.63) is 0 Å². The maximum atomic E-state index is 9.32. The fourth-order valence-electron chi connectivity index (χ4n) is 2.51. The van der Waals surface area contributed by atoms with Gasteiger partial charge in [-0.3, -0.25) is 0 Å². The minimum absolute atomic E-state index is 0.121. The van der Waals surface area contributed by atoms with Crippen LogP contribution in [-0.4, -0.2) is 61.5 Å². The van der Waals surface area contributed by atoms with E-state index in [0.29, 0.717) is 6.10 Å². The first kappa shape index (κ1) is 15.9. The average Bonchev–Trinajstić information content (AvgIpc) is 2.41. The first-order chi connectivity index (χ1) is 8.63. The molecule has 108 valence electrons. The van der Waals surface area contributed by atoms with Gasteiger partial charge in [0.25, 0.3) is 0 Å². The van der Waals surface area contributed by atoms with Crippen molar-refractivity contribution >= 4 is 0 Å². The number of aliphatic hydroxyl groups is 1. The molecule has 1 atom stereocenters. The quantitative estimate of drug-likeness (QED) is 0.687. The van der Waals surface area contributed by atoms with Gasteiger partial charge in [0.15, 0.2) is 0 Å². The summed E-state index contributed by atoms with van der Waals surface area (Å²) in [5.74, 6) is 0. The third-order valence-electron chi connectivity index (χ3n) is 4.09. The number of nitrogens with one attached hydrogen (secondary N) is 1. The lowest BCUT2D eigenvalue weighted by atomic mass is 9.96. The number of hydrogen-bond donors (Lipinski definition) is 2. The van der Waals surface area contributed by atoms with Crippen LogP contribution in [0.2, 0.25) is 0 Å². The predicted molar refractivity (Wildman–Crippen MR) is 74.9 cm³/mol. The van der Waals surface area contributed by atoms with E-state index < -0.39 is 0 Å². The smallest absolute Gasteiger partial charge is 0.0610 e. The van der Waals surface area contributed by atoms with Gasteiger partial charge in [-0.05, 0) is 53.1 Å². The lowest BCUT2D eigenvalue weighted by Crippen LogP contribution is -2.44. The Labute approximate surface area is 112 Å². The van der Waals surface area contributed by atoms with E-state index in [4.69, 9.17) is 4.74 Å². The van der Waals surface area contributed by atoms with Crippen molar-refractivity contribution in [2.75, 3.05) is 39.9 Å². The molecule has 1 heterocycles. The van der Waals surface area contributed by atoms with Crippen molar-refractivity contribution in [3.8, 4) is 0 Å². The first-order valence-electron chi connectivity index (χ1n) is 7.27. The monoisotopic (exact) mass is 258 g/mol. The maximum absolute atomic E-state index is 9.32. The summed E-state index contributed by atoms with van der Waals surface area (Å²) in [6.07, 6.45) is 4.96. The van der Waals surface area contributed by atoms with Crippen LogP contribution in [0.3, 0.4) is 0 Å². The molecule has 0 amide bonds. The van der Waals surface area contributed by atoms with Crippen LogP contribution in [0.15, 0.2) is 0 Å². The normalized spacial score (nSPS) is 22.0. The molecule has 4 nitrogen and oxygen atoms in total. The van der Waals surface area contributed by atoms with Crippen LogP contribution in [0.5, 0.6) is 0 Å². The van der Waals surface area contributed by atoms with E-state index in [1.54, 1.807) is 0 Å². The average molecular weight is 258 g/mol. The lowest BCUT2D eigenvalue weighted by molar-refractivity contribution is 0.0134. The molecule has 0 radical (unpaired) electrons. The number of aliphatic hydroxyl groups excluding tert-OH is 1. The minimum Gasteiger partial charge on any atom is -0.394 e. The molecule has 0 saturated carbocycles. The van der Waals surface area contributed by atoms with Crippen molar-refractivity contribution in [1.82, 2.24) is 10.2 Å². The van der Waals surface area contributed by atoms with Crippen molar-refractivity contribution in [3.63, 3.8) is 0 Å². The molecular weight excluding hydrogens is 228 g/mol. The Balaban J connectivity index is 2.14. The minimum atomic E-state index is -0.121. The van der Waals surface area contributed by atoms with Crippen LogP contribution < -0.4 is 5.32 Å². The van der Waals surface area contributed by atoms with E-state index in [9.17, 15) is 5.11 Å². The fourth-order valence-corrected chi connectivity index (χ4v) is 2.51. The highest BCUT2D eigenvalue weighted by molar-refractivity contribution is 4.81. The molecule has 1 saturated heterocycles. The summed E-state index contributed by atoms with van der Waals surface area (Å²) in [6, 6.07) is 0. The Morgan fingerprint density at radius 1 is 1.39 bits per heavy atom. The third kappa shape index (κ3) is 5.22. The standard InChI is InChI=1S/C14H30N2O2/c1-4-18-13-6-10-16(11-7-13)9-5-8-14(2,12-17)15-3/h13,15,17H,4-12H2,1-3H3. The van der Waals surface area contributed by atoms with Crippen molar-refractivity contribution in [1.29, 1.82) is 0 Å². The van der Waals surface area contributed by atoms with Gasteiger partial charge in [-0.1, -0.05) is 0 Å². The van der Waals surface area contributed by atoms with E-state index in [-0.39, 0.29) is 12.1 Å². The van der Waals surface area contributed by atoms with Gasteiger partial charge in [0, 0.05) is 25.2 Å². The Morgan fingerprint density at radius 3 is 2.56 bits per heavy atom. The van der Waals surface area contributed by atoms with E-state index in [0.717, 1.165) is 51.9 Å². The Bertz CT molecular complexity index is 212. The summed E-state index contributed by atoms with van der Waals surface area (Å²) >= 11 is 0. The molecule has 0 aliphatic carbocycles. The van der Waals surface area contributed by atoms with Crippen LogP contribution >= 0.6 is 0 Å². The summed E-state index contributed by atoms with van der Waals surface area (Å²) in [5, 5.41) is 12.5. The topological polar surface area (TPSA) is 44.7 Å². The van der Waals surface area contributed by atoms with Crippen molar-refractivity contribution in [2.45, 2.75) is 51.2 Å². The molecule has 0 aromatic heterocycles. The van der Waals surface area contributed by atoms with Gasteiger partial charge in [-0.15, -0.1) is 0 Å². The summed E-state index contributed by atoms with van der Waals surface area (Å²) in [4.78, 5) is 2.52. The molecule has 1 fully saturated rings. The van der Waals surface area contributed by atoms with Gasteiger partial charge in [-0.2, -0.15) is 0 Å². The predicted octanol–water partition coefficient (Wildman–Crippen LogP) is 1.24. The molecule has 1 unspecified atom stereocenters. The van der Waals surface area contributed by atoms with Crippen molar-refractivity contribution < 1.29 is 9.84 Å². The SMILES string of the molecule is CCOC1CCN(CCCC(C)(CO)NC)CC1. The van der Waals surface area contributed by atoms with Gasteiger partial charge in [0.05, 0.1) is 12.7 Å². The summed E-state index contributed by atoms with van der Waals surface area (Å²) in [6.45, 7) is 8.63. The van der Waals surface area contributed by atoms with Gasteiger partial charge in [0.2, 0.25) is 0 Å². The van der Waals surface area contributed by atoms with Crippen LogP contribution in [0.25, 0.3) is 0 Å². The van der Waals surface area contributed by atoms with Crippen LogP contribution in [-0.2, 0) is 4.74 Å². The van der Waals surface area contributed by atoms with Crippen LogP contribution in [0.4, 0.5) is 0 Å². The van der Waals surface area contributed by atoms with Gasteiger partial charge in [0.1, 0.15) is 0 Å². The number of nitrogens with zero attached hydrogens (tertiary/aromatic N) is 1. The van der Waals surface area contributed by atoms with E-state index in [1.165, 1.54) is 0 Å². The molecule has 1 aliphatic rings. The molecule has 18 heavy (non-hydrogen) atoms.